The third-order valence-corrected chi connectivity index (χ3v) is 3.55. The van der Waals surface area contributed by atoms with E-state index in [0.29, 0.717) is 5.02 Å². The van der Waals surface area contributed by atoms with Crippen molar-refractivity contribution in [3.05, 3.63) is 63.9 Å². The molecular weight excluding hydrogens is 328 g/mol. The zero-order chi connectivity index (χ0) is 16.1. The molecule has 116 valence electrons. The van der Waals surface area contributed by atoms with Crippen LogP contribution in [0.4, 0.5) is 4.39 Å². The minimum Gasteiger partial charge on any atom is -0.482 e. The van der Waals surface area contributed by atoms with Crippen LogP contribution in [-0.4, -0.2) is 12.5 Å². The van der Waals surface area contributed by atoms with Crippen LogP contribution in [0.3, 0.4) is 0 Å². The molecule has 1 N–H and O–H groups in total. The predicted molar refractivity (Wildman–Crippen MR) is 84.9 cm³/mol. The average molecular weight is 342 g/mol. The van der Waals surface area contributed by atoms with Gasteiger partial charge in [0.25, 0.3) is 5.91 Å². The van der Waals surface area contributed by atoms with Gasteiger partial charge in [-0.1, -0.05) is 35.3 Å². The second kappa shape index (κ2) is 7.47. The fourth-order valence-corrected chi connectivity index (χ4v) is 2.20. The molecule has 0 fully saturated rings. The van der Waals surface area contributed by atoms with Gasteiger partial charge in [-0.3, -0.25) is 4.79 Å². The molecule has 0 aliphatic rings. The summed E-state index contributed by atoms with van der Waals surface area (Å²) < 4.78 is 18.2. The van der Waals surface area contributed by atoms with Crippen LogP contribution in [-0.2, 0) is 4.79 Å². The quantitative estimate of drug-likeness (QED) is 0.875. The minimum atomic E-state index is -0.460. The normalized spacial score (nSPS) is 11.8. The van der Waals surface area contributed by atoms with E-state index in [2.05, 4.69) is 5.32 Å². The van der Waals surface area contributed by atoms with Crippen LogP contribution in [0.25, 0.3) is 0 Å². The summed E-state index contributed by atoms with van der Waals surface area (Å²) in [5.74, 6) is -0.502. The van der Waals surface area contributed by atoms with Gasteiger partial charge in [-0.2, -0.15) is 0 Å². The van der Waals surface area contributed by atoms with Crippen molar-refractivity contribution in [2.45, 2.75) is 13.0 Å². The van der Waals surface area contributed by atoms with E-state index >= 15 is 0 Å². The highest BCUT2D eigenvalue weighted by molar-refractivity contribution is 6.32. The molecule has 0 aliphatic heterocycles. The summed E-state index contributed by atoms with van der Waals surface area (Å²) in [5.41, 5.74) is 0.928. The third kappa shape index (κ3) is 4.61. The number of nitrogens with one attached hydrogen (secondary N) is 1. The van der Waals surface area contributed by atoms with Crippen LogP contribution < -0.4 is 10.1 Å². The first-order valence-corrected chi connectivity index (χ1v) is 7.34. The van der Waals surface area contributed by atoms with Crippen LogP contribution in [0.1, 0.15) is 18.5 Å². The largest absolute Gasteiger partial charge is 0.482 e. The van der Waals surface area contributed by atoms with Gasteiger partial charge in [-0.05, 0) is 42.8 Å². The lowest BCUT2D eigenvalue weighted by atomic mass is 10.1. The maximum absolute atomic E-state index is 12.9. The molecule has 6 heteroatoms. The minimum absolute atomic E-state index is 0.124. The molecule has 0 heterocycles. The molecule has 0 bridgehead atoms. The number of carbonyl (C=O) groups excluding carboxylic acids is 1. The summed E-state index contributed by atoms with van der Waals surface area (Å²) in [5, 5.41) is 3.55. The Bertz CT molecular complexity index is 662. The lowest BCUT2D eigenvalue weighted by molar-refractivity contribution is -0.123. The number of hydrogen-bond donors (Lipinski definition) is 1. The maximum Gasteiger partial charge on any atom is 0.258 e. The fraction of sp³-hybridized carbons (Fsp3) is 0.188. The molecule has 0 saturated carbocycles. The van der Waals surface area contributed by atoms with Crippen LogP contribution in [0, 0.1) is 5.82 Å². The van der Waals surface area contributed by atoms with Crippen molar-refractivity contribution in [2.75, 3.05) is 6.61 Å². The van der Waals surface area contributed by atoms with Gasteiger partial charge in [-0.25, -0.2) is 4.39 Å². The smallest absolute Gasteiger partial charge is 0.258 e. The molecule has 22 heavy (non-hydrogen) atoms. The van der Waals surface area contributed by atoms with Crippen molar-refractivity contribution in [3.8, 4) is 5.75 Å². The zero-order valence-corrected chi connectivity index (χ0v) is 13.3. The van der Waals surface area contributed by atoms with Gasteiger partial charge < -0.3 is 10.1 Å². The zero-order valence-electron chi connectivity index (χ0n) is 11.8. The van der Waals surface area contributed by atoms with Gasteiger partial charge in [0.15, 0.2) is 6.61 Å². The monoisotopic (exact) mass is 341 g/mol. The van der Waals surface area contributed by atoms with E-state index in [1.54, 1.807) is 12.1 Å². The van der Waals surface area contributed by atoms with E-state index in [0.717, 1.165) is 11.6 Å². The predicted octanol–water partition coefficient (Wildman–Crippen LogP) is 4.39. The Labute approximate surface area is 138 Å². The Kier molecular flexibility index (Phi) is 5.63. The standard InChI is InChI=1S/C16H14Cl2FNO2/c1-10(11-2-4-12(17)5-3-11)20-16(21)9-22-15-7-6-13(19)8-14(15)18/h2-8,10H,9H2,1H3,(H,20,21). The van der Waals surface area contributed by atoms with Gasteiger partial charge in [0.2, 0.25) is 0 Å². The van der Waals surface area contributed by atoms with E-state index < -0.39 is 5.82 Å². The molecule has 2 rings (SSSR count). The number of rotatable bonds is 5. The van der Waals surface area contributed by atoms with Crippen molar-refractivity contribution in [2.24, 2.45) is 0 Å². The molecule has 0 aliphatic carbocycles. The Morgan fingerprint density at radius 2 is 1.91 bits per heavy atom. The van der Waals surface area contributed by atoms with Gasteiger partial charge in [0, 0.05) is 5.02 Å². The van der Waals surface area contributed by atoms with Gasteiger partial charge >= 0.3 is 0 Å². The molecule has 0 spiro atoms. The van der Waals surface area contributed by atoms with Crippen molar-refractivity contribution in [1.82, 2.24) is 5.32 Å². The SMILES string of the molecule is CC(NC(=O)COc1ccc(F)cc1Cl)c1ccc(Cl)cc1. The van der Waals surface area contributed by atoms with Gasteiger partial charge in [0.1, 0.15) is 11.6 Å². The molecular formula is C16H14Cl2FNO2. The number of benzene rings is 2. The first-order valence-electron chi connectivity index (χ1n) is 6.58. The van der Waals surface area contributed by atoms with Gasteiger partial charge in [0.05, 0.1) is 11.1 Å². The molecule has 1 atom stereocenters. The number of halogens is 3. The second-order valence-corrected chi connectivity index (χ2v) is 5.55. The van der Waals surface area contributed by atoms with Crippen LogP contribution in [0.15, 0.2) is 42.5 Å². The highest BCUT2D eigenvalue weighted by Crippen LogP contribution is 2.24. The Hall–Kier alpha value is -1.78. The first-order chi connectivity index (χ1) is 10.5. The first kappa shape index (κ1) is 16.6. The van der Waals surface area contributed by atoms with Gasteiger partial charge in [-0.15, -0.1) is 0 Å². The Balaban J connectivity index is 1.88. The summed E-state index contributed by atoms with van der Waals surface area (Å²) in [7, 11) is 0. The number of ether oxygens (including phenoxy) is 1. The molecule has 0 aromatic heterocycles. The summed E-state index contributed by atoms with van der Waals surface area (Å²) in [6.45, 7) is 1.65. The lowest BCUT2D eigenvalue weighted by Crippen LogP contribution is -2.31. The van der Waals surface area contributed by atoms with E-state index in [-0.39, 0.29) is 29.3 Å². The molecule has 1 unspecified atom stereocenters. The highest BCUT2D eigenvalue weighted by atomic mass is 35.5. The molecule has 0 saturated heterocycles. The number of hydrogen-bond acceptors (Lipinski definition) is 2. The summed E-state index contributed by atoms with van der Waals surface area (Å²) in [6, 6.07) is 10.7. The van der Waals surface area contributed by atoms with Crippen molar-refractivity contribution in [1.29, 1.82) is 0 Å². The van der Waals surface area contributed by atoms with Crippen molar-refractivity contribution >= 4 is 29.1 Å². The topological polar surface area (TPSA) is 38.3 Å². The van der Waals surface area contributed by atoms with E-state index in [1.807, 2.05) is 19.1 Å². The summed E-state index contributed by atoms with van der Waals surface area (Å²) >= 11 is 11.6. The molecule has 3 nitrogen and oxygen atoms in total. The lowest BCUT2D eigenvalue weighted by Gasteiger charge is -2.15. The summed E-state index contributed by atoms with van der Waals surface area (Å²) in [6.07, 6.45) is 0. The fourth-order valence-electron chi connectivity index (χ4n) is 1.85. The Morgan fingerprint density at radius 1 is 1.23 bits per heavy atom. The van der Waals surface area contributed by atoms with Crippen LogP contribution in [0.5, 0.6) is 5.75 Å². The number of carbonyl (C=O) groups is 1. The average Bonchev–Trinajstić information content (AvgIpc) is 2.47. The Morgan fingerprint density at radius 3 is 2.55 bits per heavy atom. The third-order valence-electron chi connectivity index (χ3n) is 3.00. The molecule has 2 aromatic carbocycles. The van der Waals surface area contributed by atoms with E-state index in [4.69, 9.17) is 27.9 Å². The van der Waals surface area contributed by atoms with Crippen molar-refractivity contribution in [3.63, 3.8) is 0 Å². The summed E-state index contributed by atoms with van der Waals surface area (Å²) in [4.78, 5) is 11.9. The molecule has 2 aromatic rings. The molecule has 0 radical (unpaired) electrons. The van der Waals surface area contributed by atoms with Crippen molar-refractivity contribution < 1.29 is 13.9 Å². The van der Waals surface area contributed by atoms with E-state index in [1.165, 1.54) is 12.1 Å². The number of amides is 1. The molecule has 1 amide bonds. The maximum atomic E-state index is 12.9. The second-order valence-electron chi connectivity index (χ2n) is 4.70. The van der Waals surface area contributed by atoms with Crippen LogP contribution >= 0.6 is 23.2 Å². The highest BCUT2D eigenvalue weighted by Gasteiger charge is 2.11. The van der Waals surface area contributed by atoms with Crippen LogP contribution in [0.2, 0.25) is 10.0 Å². The van der Waals surface area contributed by atoms with E-state index in [9.17, 15) is 9.18 Å².